The summed E-state index contributed by atoms with van der Waals surface area (Å²) in [5.41, 5.74) is 0.317. The van der Waals surface area contributed by atoms with Gasteiger partial charge in [0.15, 0.2) is 5.78 Å². The lowest BCUT2D eigenvalue weighted by atomic mass is 9.85. The van der Waals surface area contributed by atoms with E-state index in [0.717, 1.165) is 52.0 Å². The Bertz CT molecular complexity index is 491. The van der Waals surface area contributed by atoms with Crippen LogP contribution in [0.3, 0.4) is 0 Å². The predicted octanol–water partition coefficient (Wildman–Crippen LogP) is 3.17. The molecule has 1 saturated heterocycles. The average Bonchev–Trinajstić information content (AvgIpc) is 2.99. The normalized spacial score (nSPS) is 22.9. The maximum Gasteiger partial charge on any atom is 0.184 e. The fourth-order valence-corrected chi connectivity index (χ4v) is 3.76. The number of hydrogen-bond donors (Lipinski definition) is 0. The van der Waals surface area contributed by atoms with Crippen LogP contribution in [0.1, 0.15) is 36.0 Å². The van der Waals surface area contributed by atoms with Gasteiger partial charge < -0.3 is 4.74 Å². The van der Waals surface area contributed by atoms with E-state index >= 15 is 0 Å². The van der Waals surface area contributed by atoms with Crippen LogP contribution in [0.15, 0.2) is 24.3 Å². The summed E-state index contributed by atoms with van der Waals surface area (Å²) >= 11 is 6.23. The first-order valence-electron chi connectivity index (χ1n) is 7.36. The van der Waals surface area contributed by atoms with Gasteiger partial charge in [-0.25, -0.2) is 0 Å². The average molecular weight is 294 g/mol. The standard InChI is InChI=1S/C16H20ClNO2/c17-14-6-2-1-5-13(14)15(19)16(7-3-4-8-16)18-9-11-20-12-10-18/h1-2,5-6H,3-4,7-12H2. The maximum atomic E-state index is 13.1. The molecule has 0 bridgehead atoms. The molecule has 1 heterocycles. The van der Waals surface area contributed by atoms with Crippen LogP contribution in [0.5, 0.6) is 0 Å². The van der Waals surface area contributed by atoms with Crippen molar-refractivity contribution in [3.63, 3.8) is 0 Å². The Morgan fingerprint density at radius 3 is 2.45 bits per heavy atom. The van der Waals surface area contributed by atoms with Crippen LogP contribution in [-0.2, 0) is 4.74 Å². The number of carbonyl (C=O) groups is 1. The number of nitrogens with zero attached hydrogens (tertiary/aromatic N) is 1. The van der Waals surface area contributed by atoms with Gasteiger partial charge in [0.05, 0.1) is 23.8 Å². The van der Waals surface area contributed by atoms with Crippen LogP contribution in [0, 0.1) is 0 Å². The molecule has 0 atom stereocenters. The summed E-state index contributed by atoms with van der Waals surface area (Å²) in [5, 5.41) is 0.567. The van der Waals surface area contributed by atoms with E-state index in [4.69, 9.17) is 16.3 Å². The van der Waals surface area contributed by atoms with Gasteiger partial charge in [-0.2, -0.15) is 0 Å². The van der Waals surface area contributed by atoms with Gasteiger partial charge in [0.25, 0.3) is 0 Å². The number of hydrogen-bond acceptors (Lipinski definition) is 3. The second kappa shape index (κ2) is 5.84. The molecule has 3 rings (SSSR count). The van der Waals surface area contributed by atoms with Crippen molar-refractivity contribution in [1.29, 1.82) is 0 Å². The van der Waals surface area contributed by atoms with E-state index in [0.29, 0.717) is 10.6 Å². The zero-order valence-electron chi connectivity index (χ0n) is 11.6. The molecule has 1 aromatic carbocycles. The molecule has 0 radical (unpaired) electrons. The third-order valence-electron chi connectivity index (χ3n) is 4.59. The van der Waals surface area contributed by atoms with Crippen LogP contribution in [-0.4, -0.2) is 42.5 Å². The molecule has 20 heavy (non-hydrogen) atoms. The Morgan fingerprint density at radius 2 is 1.80 bits per heavy atom. The van der Waals surface area contributed by atoms with Gasteiger partial charge in [-0.05, 0) is 25.0 Å². The number of rotatable bonds is 3. The van der Waals surface area contributed by atoms with Crippen molar-refractivity contribution in [2.24, 2.45) is 0 Å². The van der Waals surface area contributed by atoms with Gasteiger partial charge in [0.1, 0.15) is 0 Å². The number of ether oxygens (including phenoxy) is 1. The van der Waals surface area contributed by atoms with E-state index in [1.165, 1.54) is 0 Å². The molecular formula is C16H20ClNO2. The van der Waals surface area contributed by atoms with Crippen molar-refractivity contribution >= 4 is 17.4 Å². The molecule has 0 aromatic heterocycles. The second-order valence-electron chi connectivity index (χ2n) is 5.65. The zero-order chi connectivity index (χ0) is 14.0. The van der Waals surface area contributed by atoms with Gasteiger partial charge in [0.2, 0.25) is 0 Å². The van der Waals surface area contributed by atoms with Crippen LogP contribution in [0.4, 0.5) is 0 Å². The van der Waals surface area contributed by atoms with Gasteiger partial charge >= 0.3 is 0 Å². The highest BCUT2D eigenvalue weighted by molar-refractivity contribution is 6.34. The molecule has 1 aromatic rings. The molecule has 2 aliphatic rings. The first-order chi connectivity index (χ1) is 9.74. The van der Waals surface area contributed by atoms with Crippen LogP contribution < -0.4 is 0 Å². The minimum Gasteiger partial charge on any atom is -0.379 e. The first kappa shape index (κ1) is 14.1. The summed E-state index contributed by atoms with van der Waals surface area (Å²) in [7, 11) is 0. The van der Waals surface area contributed by atoms with E-state index in [9.17, 15) is 4.79 Å². The summed E-state index contributed by atoms with van der Waals surface area (Å²) in [6, 6.07) is 7.41. The van der Waals surface area contributed by atoms with Gasteiger partial charge in [0, 0.05) is 18.7 Å². The lowest BCUT2D eigenvalue weighted by Crippen LogP contribution is -2.56. The van der Waals surface area contributed by atoms with E-state index in [1.54, 1.807) is 6.07 Å². The summed E-state index contributed by atoms with van der Waals surface area (Å²) in [5.74, 6) is 0.197. The third kappa shape index (κ3) is 2.39. The van der Waals surface area contributed by atoms with E-state index < -0.39 is 0 Å². The highest BCUT2D eigenvalue weighted by Gasteiger charge is 2.46. The molecule has 4 heteroatoms. The van der Waals surface area contributed by atoms with Crippen molar-refractivity contribution in [1.82, 2.24) is 4.90 Å². The number of ketones is 1. The zero-order valence-corrected chi connectivity index (χ0v) is 12.4. The quantitative estimate of drug-likeness (QED) is 0.802. The number of benzene rings is 1. The molecule has 0 N–H and O–H groups in total. The fourth-order valence-electron chi connectivity index (χ4n) is 3.53. The van der Waals surface area contributed by atoms with E-state index in [2.05, 4.69) is 4.90 Å². The fraction of sp³-hybridized carbons (Fsp3) is 0.562. The molecule has 2 fully saturated rings. The second-order valence-corrected chi connectivity index (χ2v) is 6.05. The molecule has 1 saturated carbocycles. The van der Waals surface area contributed by atoms with E-state index in [1.807, 2.05) is 18.2 Å². The Morgan fingerprint density at radius 1 is 1.15 bits per heavy atom. The van der Waals surface area contributed by atoms with Crippen molar-refractivity contribution < 1.29 is 9.53 Å². The van der Waals surface area contributed by atoms with Crippen molar-refractivity contribution in [3.8, 4) is 0 Å². The summed E-state index contributed by atoms with van der Waals surface area (Å²) in [6.07, 6.45) is 4.12. The molecule has 3 nitrogen and oxygen atoms in total. The highest BCUT2D eigenvalue weighted by atomic mass is 35.5. The first-order valence-corrected chi connectivity index (χ1v) is 7.74. The van der Waals surface area contributed by atoms with Gasteiger partial charge in [-0.1, -0.05) is 36.6 Å². The van der Waals surface area contributed by atoms with Gasteiger partial charge in [-0.3, -0.25) is 9.69 Å². The monoisotopic (exact) mass is 293 g/mol. The smallest absolute Gasteiger partial charge is 0.184 e. The Kier molecular flexibility index (Phi) is 4.11. The number of halogens is 1. The Labute approximate surface area is 124 Å². The SMILES string of the molecule is O=C(c1ccccc1Cl)C1(N2CCOCC2)CCCC1. The number of Topliss-reactive ketones (excluding diaryl/α,β-unsaturated/α-hetero) is 1. The molecule has 1 aliphatic heterocycles. The molecule has 0 spiro atoms. The Hall–Kier alpha value is -0.900. The third-order valence-corrected chi connectivity index (χ3v) is 4.92. The summed E-state index contributed by atoms with van der Waals surface area (Å²) < 4.78 is 5.43. The number of carbonyl (C=O) groups excluding carboxylic acids is 1. The minimum atomic E-state index is -0.352. The lowest BCUT2D eigenvalue weighted by Gasteiger charge is -2.42. The number of morpholine rings is 1. The van der Waals surface area contributed by atoms with Crippen LogP contribution in [0.2, 0.25) is 5.02 Å². The summed E-state index contributed by atoms with van der Waals surface area (Å²) in [4.78, 5) is 15.5. The Balaban J connectivity index is 1.94. The topological polar surface area (TPSA) is 29.5 Å². The van der Waals surface area contributed by atoms with E-state index in [-0.39, 0.29) is 11.3 Å². The molecule has 0 unspecified atom stereocenters. The van der Waals surface area contributed by atoms with Crippen molar-refractivity contribution in [2.75, 3.05) is 26.3 Å². The minimum absolute atomic E-state index is 0.197. The summed E-state index contributed by atoms with van der Waals surface area (Å²) in [6.45, 7) is 3.13. The predicted molar refractivity (Wildman–Crippen MR) is 79.4 cm³/mol. The molecule has 1 aliphatic carbocycles. The van der Waals surface area contributed by atoms with Crippen LogP contribution >= 0.6 is 11.6 Å². The molecule has 0 amide bonds. The lowest BCUT2D eigenvalue weighted by molar-refractivity contribution is -0.0130. The highest BCUT2D eigenvalue weighted by Crippen LogP contribution is 2.39. The molecular weight excluding hydrogens is 274 g/mol. The molecule has 108 valence electrons. The van der Waals surface area contributed by atoms with Crippen LogP contribution in [0.25, 0.3) is 0 Å². The van der Waals surface area contributed by atoms with Crippen molar-refractivity contribution in [3.05, 3.63) is 34.9 Å². The van der Waals surface area contributed by atoms with Crippen molar-refractivity contribution in [2.45, 2.75) is 31.2 Å². The van der Waals surface area contributed by atoms with Gasteiger partial charge in [-0.15, -0.1) is 0 Å². The maximum absolute atomic E-state index is 13.1. The largest absolute Gasteiger partial charge is 0.379 e.